The third-order valence-electron chi connectivity index (χ3n) is 3.81. The third kappa shape index (κ3) is 3.29. The second-order valence-electron chi connectivity index (χ2n) is 5.47. The van der Waals surface area contributed by atoms with E-state index in [4.69, 9.17) is 4.74 Å². The molecule has 1 amide bonds. The van der Waals surface area contributed by atoms with Gasteiger partial charge in [-0.2, -0.15) is 0 Å². The van der Waals surface area contributed by atoms with Crippen molar-refractivity contribution in [1.82, 2.24) is 15.2 Å². The van der Waals surface area contributed by atoms with E-state index in [1.54, 1.807) is 13.2 Å². The number of aromatic amines is 1. The summed E-state index contributed by atoms with van der Waals surface area (Å²) in [5.41, 5.74) is 2.43. The van der Waals surface area contributed by atoms with Crippen LogP contribution in [0.4, 0.5) is 9.52 Å². The van der Waals surface area contributed by atoms with Crippen LogP contribution < -0.4 is 5.32 Å². The Morgan fingerprint density at radius 3 is 3.00 bits per heavy atom. The lowest BCUT2D eigenvalue weighted by atomic mass is 10.1. The zero-order valence-corrected chi connectivity index (χ0v) is 14.3. The number of fused-ring (bicyclic) bond motifs is 1. The Kier molecular flexibility index (Phi) is 4.59. The number of H-pyrrole nitrogens is 1. The Labute approximate surface area is 142 Å². The number of benzene rings is 1. The van der Waals surface area contributed by atoms with Crippen LogP contribution in [0, 0.1) is 12.7 Å². The van der Waals surface area contributed by atoms with Crippen LogP contribution >= 0.6 is 11.3 Å². The monoisotopic (exact) mass is 348 g/mol. The fourth-order valence-corrected chi connectivity index (χ4v) is 3.25. The maximum absolute atomic E-state index is 13.5. The van der Waals surface area contributed by atoms with Crippen LogP contribution in [0.2, 0.25) is 0 Å². The summed E-state index contributed by atoms with van der Waals surface area (Å²) < 4.78 is 18.6. The predicted octanol–water partition coefficient (Wildman–Crippen LogP) is 3.36. The van der Waals surface area contributed by atoms with Gasteiger partial charge in [-0.3, -0.25) is 4.79 Å². The largest absolute Gasteiger partial charge is 0.374 e. The number of rotatable bonds is 5. The maximum atomic E-state index is 13.5. The molecule has 0 bridgehead atoms. The van der Waals surface area contributed by atoms with Gasteiger partial charge in [-0.05, 0) is 37.6 Å². The lowest BCUT2D eigenvalue weighted by Crippen LogP contribution is -2.14. The number of ether oxygens (including phenoxy) is 1. The molecule has 1 aromatic carbocycles. The maximum Gasteiger partial charge on any atom is 0.230 e. The fourth-order valence-electron chi connectivity index (χ4n) is 2.46. The first kappa shape index (κ1) is 16.5. The van der Waals surface area contributed by atoms with E-state index in [1.165, 1.54) is 23.5 Å². The van der Waals surface area contributed by atoms with E-state index in [-0.39, 0.29) is 24.2 Å². The van der Waals surface area contributed by atoms with Gasteiger partial charge in [-0.25, -0.2) is 4.39 Å². The standard InChI is InChI=1S/C16H17FN4O2S/c1-8-11(12-6-10(17)4-5-13(12)18-8)7-14(22)19-16-21-20-15(24-16)9(2)23-3/h4-6,9,18H,7H2,1-3H3,(H,19,21,22). The van der Waals surface area contributed by atoms with Gasteiger partial charge in [0, 0.05) is 23.7 Å². The lowest BCUT2D eigenvalue weighted by molar-refractivity contribution is -0.115. The van der Waals surface area contributed by atoms with Gasteiger partial charge in [-0.1, -0.05) is 11.3 Å². The van der Waals surface area contributed by atoms with E-state index in [9.17, 15) is 9.18 Å². The number of hydrogen-bond acceptors (Lipinski definition) is 5. The highest BCUT2D eigenvalue weighted by Gasteiger charge is 2.16. The molecule has 0 fully saturated rings. The van der Waals surface area contributed by atoms with E-state index in [1.807, 2.05) is 13.8 Å². The van der Waals surface area contributed by atoms with Crippen molar-refractivity contribution in [3.8, 4) is 0 Å². The molecular formula is C16H17FN4O2S. The second kappa shape index (κ2) is 6.66. The van der Waals surface area contributed by atoms with Gasteiger partial charge in [0.25, 0.3) is 0 Å². The SMILES string of the molecule is COC(C)c1nnc(NC(=O)Cc2c(C)[nH]c3ccc(F)cc23)s1. The van der Waals surface area contributed by atoms with E-state index < -0.39 is 0 Å². The molecule has 0 radical (unpaired) electrons. The van der Waals surface area contributed by atoms with Crippen LogP contribution in [-0.2, 0) is 16.0 Å². The van der Waals surface area contributed by atoms with Crippen LogP contribution in [0.5, 0.6) is 0 Å². The summed E-state index contributed by atoms with van der Waals surface area (Å²) in [5.74, 6) is -0.554. The molecule has 3 aromatic rings. The highest BCUT2D eigenvalue weighted by molar-refractivity contribution is 7.15. The molecule has 0 saturated carbocycles. The molecule has 2 N–H and O–H groups in total. The molecule has 3 rings (SSSR count). The molecule has 0 aliphatic carbocycles. The highest BCUT2D eigenvalue weighted by atomic mass is 32.1. The van der Waals surface area contributed by atoms with E-state index in [2.05, 4.69) is 20.5 Å². The Hall–Kier alpha value is -2.32. The van der Waals surface area contributed by atoms with Gasteiger partial charge in [-0.15, -0.1) is 10.2 Å². The first-order chi connectivity index (χ1) is 11.5. The number of aryl methyl sites for hydroxylation is 1. The number of anilines is 1. The third-order valence-corrected chi connectivity index (χ3v) is 4.81. The smallest absolute Gasteiger partial charge is 0.230 e. The van der Waals surface area contributed by atoms with Gasteiger partial charge in [0.15, 0.2) is 0 Å². The minimum Gasteiger partial charge on any atom is -0.374 e. The highest BCUT2D eigenvalue weighted by Crippen LogP contribution is 2.25. The molecule has 0 aliphatic heterocycles. The van der Waals surface area contributed by atoms with Gasteiger partial charge in [0.05, 0.1) is 6.42 Å². The van der Waals surface area contributed by atoms with Gasteiger partial charge in [0.2, 0.25) is 11.0 Å². The molecule has 1 unspecified atom stereocenters. The average molecular weight is 348 g/mol. The summed E-state index contributed by atoms with van der Waals surface area (Å²) in [7, 11) is 1.59. The summed E-state index contributed by atoms with van der Waals surface area (Å²) in [6.07, 6.45) is -0.0451. The number of hydrogen-bond donors (Lipinski definition) is 2. The molecule has 0 aliphatic rings. The summed E-state index contributed by atoms with van der Waals surface area (Å²) in [5, 5.41) is 12.5. The van der Waals surface area contributed by atoms with Gasteiger partial charge >= 0.3 is 0 Å². The number of nitrogens with zero attached hydrogens (tertiary/aromatic N) is 2. The van der Waals surface area contributed by atoms with Crippen LogP contribution in [0.3, 0.4) is 0 Å². The van der Waals surface area contributed by atoms with Gasteiger partial charge < -0.3 is 15.0 Å². The number of carbonyl (C=O) groups excluding carboxylic acids is 1. The van der Waals surface area contributed by atoms with Crippen molar-refractivity contribution < 1.29 is 13.9 Å². The molecule has 2 aromatic heterocycles. The molecule has 2 heterocycles. The summed E-state index contributed by atoms with van der Waals surface area (Å²) >= 11 is 1.27. The zero-order chi connectivity index (χ0) is 17.3. The van der Waals surface area contributed by atoms with Crippen LogP contribution in [-0.4, -0.2) is 28.2 Å². The van der Waals surface area contributed by atoms with Crippen molar-refractivity contribution in [1.29, 1.82) is 0 Å². The van der Waals surface area contributed by atoms with Crippen molar-refractivity contribution in [2.45, 2.75) is 26.4 Å². The number of amides is 1. The van der Waals surface area contributed by atoms with Crippen molar-refractivity contribution >= 4 is 33.3 Å². The fraction of sp³-hybridized carbons (Fsp3) is 0.312. The average Bonchev–Trinajstić information content (AvgIpc) is 3.12. The van der Waals surface area contributed by atoms with Gasteiger partial charge in [0.1, 0.15) is 16.9 Å². The number of carbonyl (C=O) groups is 1. The van der Waals surface area contributed by atoms with Crippen LogP contribution in [0.1, 0.15) is 29.3 Å². The van der Waals surface area contributed by atoms with Crippen molar-refractivity contribution in [3.05, 3.63) is 40.3 Å². The molecule has 0 saturated heterocycles. The minimum absolute atomic E-state index is 0.129. The Morgan fingerprint density at radius 1 is 1.46 bits per heavy atom. The van der Waals surface area contributed by atoms with Crippen molar-refractivity contribution in [2.24, 2.45) is 0 Å². The Morgan fingerprint density at radius 2 is 2.25 bits per heavy atom. The summed E-state index contributed by atoms with van der Waals surface area (Å²) in [4.78, 5) is 15.5. The molecule has 126 valence electrons. The second-order valence-corrected chi connectivity index (χ2v) is 6.48. The van der Waals surface area contributed by atoms with E-state index >= 15 is 0 Å². The summed E-state index contributed by atoms with van der Waals surface area (Å²) in [6, 6.07) is 4.49. The lowest BCUT2D eigenvalue weighted by Gasteiger charge is -2.03. The minimum atomic E-state index is -0.328. The van der Waals surface area contributed by atoms with Crippen molar-refractivity contribution in [2.75, 3.05) is 12.4 Å². The summed E-state index contributed by atoms with van der Waals surface area (Å²) in [6.45, 7) is 3.72. The Bertz CT molecular complexity index is 889. The molecule has 24 heavy (non-hydrogen) atoms. The molecule has 0 spiro atoms. The molecule has 6 nitrogen and oxygen atoms in total. The first-order valence-electron chi connectivity index (χ1n) is 7.40. The van der Waals surface area contributed by atoms with E-state index in [0.717, 1.165) is 16.8 Å². The van der Waals surface area contributed by atoms with Crippen LogP contribution in [0.15, 0.2) is 18.2 Å². The molecular weight excluding hydrogens is 331 g/mol. The molecule has 8 heteroatoms. The number of nitrogens with one attached hydrogen (secondary N) is 2. The van der Waals surface area contributed by atoms with E-state index in [0.29, 0.717) is 15.5 Å². The normalized spacial score (nSPS) is 12.5. The number of methoxy groups -OCH3 is 1. The van der Waals surface area contributed by atoms with Crippen LogP contribution in [0.25, 0.3) is 10.9 Å². The molecule has 1 atom stereocenters. The number of aromatic nitrogens is 3. The number of halogens is 1. The topological polar surface area (TPSA) is 79.9 Å². The zero-order valence-electron chi connectivity index (χ0n) is 13.5. The first-order valence-corrected chi connectivity index (χ1v) is 8.22. The quantitative estimate of drug-likeness (QED) is 0.741. The predicted molar refractivity (Wildman–Crippen MR) is 90.7 cm³/mol. The Balaban J connectivity index is 1.77. The van der Waals surface area contributed by atoms with Crippen molar-refractivity contribution in [3.63, 3.8) is 0 Å².